The standard InChI is InChI=1S/C10H13NO2/c1-11-4-7-5-2-3-6(9(5)12)8(7)10(11)13/h5-8H,2-4H2,1H3/t5-,6+,7-,8+/m0/s1. The van der Waals surface area contributed by atoms with E-state index in [0.717, 1.165) is 19.4 Å². The number of ketones is 1. The molecule has 2 aliphatic carbocycles. The number of hydrogen-bond acceptors (Lipinski definition) is 2. The Bertz CT molecular complexity index is 299. The minimum Gasteiger partial charge on any atom is -0.345 e. The molecule has 1 aliphatic heterocycles. The molecule has 13 heavy (non-hydrogen) atoms. The number of nitrogens with zero attached hydrogens (tertiary/aromatic N) is 1. The summed E-state index contributed by atoms with van der Waals surface area (Å²) in [5, 5.41) is 0. The molecule has 3 nitrogen and oxygen atoms in total. The maximum Gasteiger partial charge on any atom is 0.226 e. The largest absolute Gasteiger partial charge is 0.345 e. The Kier molecular flexibility index (Phi) is 1.24. The molecule has 4 atom stereocenters. The highest BCUT2D eigenvalue weighted by molar-refractivity contribution is 5.97. The van der Waals surface area contributed by atoms with Gasteiger partial charge in [-0.1, -0.05) is 0 Å². The molecule has 0 radical (unpaired) electrons. The third kappa shape index (κ3) is 0.713. The summed E-state index contributed by atoms with van der Waals surface area (Å²) in [6.07, 6.45) is 2.00. The van der Waals surface area contributed by atoms with Gasteiger partial charge in [-0.3, -0.25) is 9.59 Å². The highest BCUT2D eigenvalue weighted by atomic mass is 16.2. The Hall–Kier alpha value is -0.860. The molecule has 0 aromatic heterocycles. The van der Waals surface area contributed by atoms with Crippen LogP contribution >= 0.6 is 0 Å². The lowest BCUT2D eigenvalue weighted by molar-refractivity contribution is -0.133. The highest BCUT2D eigenvalue weighted by Crippen LogP contribution is 2.52. The monoisotopic (exact) mass is 179 g/mol. The molecule has 3 fully saturated rings. The number of likely N-dealkylation sites (tertiary alicyclic amines) is 1. The van der Waals surface area contributed by atoms with Crippen molar-refractivity contribution >= 4 is 11.7 Å². The van der Waals surface area contributed by atoms with E-state index in [-0.39, 0.29) is 23.7 Å². The smallest absolute Gasteiger partial charge is 0.226 e. The van der Waals surface area contributed by atoms with Crippen molar-refractivity contribution in [1.82, 2.24) is 4.90 Å². The zero-order chi connectivity index (χ0) is 9.16. The summed E-state index contributed by atoms with van der Waals surface area (Å²) in [4.78, 5) is 25.2. The summed E-state index contributed by atoms with van der Waals surface area (Å²) < 4.78 is 0. The van der Waals surface area contributed by atoms with Crippen LogP contribution in [0.4, 0.5) is 0 Å². The molecule has 0 spiro atoms. The zero-order valence-corrected chi connectivity index (χ0v) is 7.69. The average Bonchev–Trinajstić information content (AvgIpc) is 2.67. The van der Waals surface area contributed by atoms with Gasteiger partial charge in [-0.2, -0.15) is 0 Å². The predicted octanol–water partition coefficient (Wildman–Crippen LogP) is 0.300. The fourth-order valence-electron chi connectivity index (χ4n) is 3.51. The lowest BCUT2D eigenvalue weighted by Crippen LogP contribution is -2.27. The quantitative estimate of drug-likeness (QED) is 0.536. The van der Waals surface area contributed by atoms with Crippen LogP contribution in [0, 0.1) is 23.7 Å². The number of fused-ring (bicyclic) bond motifs is 5. The van der Waals surface area contributed by atoms with Gasteiger partial charge in [0.05, 0.1) is 5.92 Å². The second kappa shape index (κ2) is 2.14. The van der Waals surface area contributed by atoms with Crippen molar-refractivity contribution in [2.75, 3.05) is 13.6 Å². The Morgan fingerprint density at radius 2 is 1.92 bits per heavy atom. The molecule has 1 heterocycles. The summed E-state index contributed by atoms with van der Waals surface area (Å²) in [7, 11) is 1.85. The van der Waals surface area contributed by atoms with Crippen LogP contribution in [0.3, 0.4) is 0 Å². The topological polar surface area (TPSA) is 37.4 Å². The number of rotatable bonds is 0. The van der Waals surface area contributed by atoms with Gasteiger partial charge in [0.25, 0.3) is 0 Å². The van der Waals surface area contributed by atoms with Crippen LogP contribution in [0.2, 0.25) is 0 Å². The van der Waals surface area contributed by atoms with E-state index in [4.69, 9.17) is 0 Å². The molecule has 2 saturated carbocycles. The van der Waals surface area contributed by atoms with Crippen molar-refractivity contribution in [2.24, 2.45) is 23.7 Å². The number of hydrogen-bond donors (Lipinski definition) is 0. The van der Waals surface area contributed by atoms with Crippen molar-refractivity contribution in [2.45, 2.75) is 12.8 Å². The van der Waals surface area contributed by atoms with Gasteiger partial charge in [-0.05, 0) is 18.8 Å². The Labute approximate surface area is 77.1 Å². The average molecular weight is 179 g/mol. The van der Waals surface area contributed by atoms with Gasteiger partial charge in [0.1, 0.15) is 5.78 Å². The van der Waals surface area contributed by atoms with Gasteiger partial charge >= 0.3 is 0 Å². The van der Waals surface area contributed by atoms with E-state index in [2.05, 4.69) is 0 Å². The van der Waals surface area contributed by atoms with E-state index in [1.807, 2.05) is 7.05 Å². The van der Waals surface area contributed by atoms with E-state index in [1.165, 1.54) is 0 Å². The van der Waals surface area contributed by atoms with Crippen molar-refractivity contribution in [3.63, 3.8) is 0 Å². The summed E-state index contributed by atoms with van der Waals surface area (Å²) in [6.45, 7) is 0.816. The van der Waals surface area contributed by atoms with Gasteiger partial charge in [-0.25, -0.2) is 0 Å². The zero-order valence-electron chi connectivity index (χ0n) is 7.69. The molecule has 2 bridgehead atoms. The molecule has 3 rings (SSSR count). The first-order valence-electron chi connectivity index (χ1n) is 4.99. The fourth-order valence-corrected chi connectivity index (χ4v) is 3.51. The number of carbonyl (C=O) groups is 2. The first-order valence-corrected chi connectivity index (χ1v) is 4.99. The molecule has 1 amide bonds. The Morgan fingerprint density at radius 3 is 2.62 bits per heavy atom. The summed E-state index contributed by atoms with van der Waals surface area (Å²) in [5.41, 5.74) is 0. The van der Waals surface area contributed by atoms with E-state index < -0.39 is 0 Å². The second-order valence-corrected chi connectivity index (χ2v) is 4.60. The Balaban J connectivity index is 2.01. The SMILES string of the molecule is CN1C[C@@H]2[C@H](C1=O)[C@H]1CC[C@@H]2C1=O. The van der Waals surface area contributed by atoms with Crippen LogP contribution in [0.25, 0.3) is 0 Å². The molecule has 0 aromatic carbocycles. The molecule has 3 heteroatoms. The fraction of sp³-hybridized carbons (Fsp3) is 0.800. The normalized spacial score (nSPS) is 47.6. The third-order valence-corrected chi connectivity index (χ3v) is 4.08. The summed E-state index contributed by atoms with van der Waals surface area (Å²) in [6, 6.07) is 0. The van der Waals surface area contributed by atoms with Crippen LogP contribution in [0.15, 0.2) is 0 Å². The summed E-state index contributed by atoms with van der Waals surface area (Å²) >= 11 is 0. The first-order chi connectivity index (χ1) is 6.20. The minimum atomic E-state index is 0.0660. The van der Waals surface area contributed by atoms with Crippen LogP contribution in [0.5, 0.6) is 0 Å². The third-order valence-electron chi connectivity index (χ3n) is 4.08. The number of carbonyl (C=O) groups excluding carboxylic acids is 2. The second-order valence-electron chi connectivity index (χ2n) is 4.60. The van der Waals surface area contributed by atoms with Crippen molar-refractivity contribution in [1.29, 1.82) is 0 Å². The molecule has 70 valence electrons. The first kappa shape index (κ1) is 7.54. The van der Waals surface area contributed by atoms with Crippen LogP contribution in [-0.4, -0.2) is 30.2 Å². The molecule has 1 saturated heterocycles. The van der Waals surface area contributed by atoms with Crippen LogP contribution in [-0.2, 0) is 9.59 Å². The van der Waals surface area contributed by atoms with Gasteiger partial charge in [0, 0.05) is 25.4 Å². The molecule has 3 aliphatic rings. The number of amides is 1. The number of Topliss-reactive ketones (excluding diaryl/α,β-unsaturated/α-hetero) is 1. The lowest BCUT2D eigenvalue weighted by Gasteiger charge is -2.18. The van der Waals surface area contributed by atoms with Crippen LogP contribution in [0.1, 0.15) is 12.8 Å². The van der Waals surface area contributed by atoms with E-state index in [1.54, 1.807) is 4.90 Å². The molecular weight excluding hydrogens is 166 g/mol. The molecule has 0 aromatic rings. The minimum absolute atomic E-state index is 0.0660. The predicted molar refractivity (Wildman–Crippen MR) is 45.8 cm³/mol. The van der Waals surface area contributed by atoms with Gasteiger partial charge in [0.15, 0.2) is 0 Å². The van der Waals surface area contributed by atoms with Crippen molar-refractivity contribution in [3.8, 4) is 0 Å². The van der Waals surface area contributed by atoms with Crippen molar-refractivity contribution < 1.29 is 9.59 Å². The van der Waals surface area contributed by atoms with E-state index in [0.29, 0.717) is 11.7 Å². The molecular formula is C10H13NO2. The van der Waals surface area contributed by atoms with E-state index in [9.17, 15) is 9.59 Å². The van der Waals surface area contributed by atoms with E-state index >= 15 is 0 Å². The Morgan fingerprint density at radius 1 is 1.23 bits per heavy atom. The maximum atomic E-state index is 11.7. The summed E-state index contributed by atoms with van der Waals surface area (Å²) in [5.74, 6) is 1.35. The maximum absolute atomic E-state index is 11.7. The van der Waals surface area contributed by atoms with Gasteiger partial charge in [-0.15, -0.1) is 0 Å². The molecule has 0 unspecified atom stereocenters. The highest BCUT2D eigenvalue weighted by Gasteiger charge is 2.60. The lowest BCUT2D eigenvalue weighted by atomic mass is 9.81. The van der Waals surface area contributed by atoms with Gasteiger partial charge in [0.2, 0.25) is 5.91 Å². The molecule has 0 N–H and O–H groups in total. The van der Waals surface area contributed by atoms with Crippen LogP contribution < -0.4 is 0 Å². The van der Waals surface area contributed by atoms with Crippen molar-refractivity contribution in [3.05, 3.63) is 0 Å². The van der Waals surface area contributed by atoms with Gasteiger partial charge < -0.3 is 4.90 Å².